The van der Waals surface area contributed by atoms with E-state index in [4.69, 9.17) is 0 Å². The first-order valence-electron chi connectivity index (χ1n) is 10.4. The van der Waals surface area contributed by atoms with Crippen LogP contribution in [0.1, 0.15) is 77.3 Å². The van der Waals surface area contributed by atoms with Gasteiger partial charge in [-0.15, -0.1) is 0 Å². The summed E-state index contributed by atoms with van der Waals surface area (Å²) in [6.07, 6.45) is 5.50. The van der Waals surface area contributed by atoms with E-state index in [1.165, 1.54) is 0 Å². The van der Waals surface area contributed by atoms with Crippen LogP contribution < -0.4 is 0 Å². The van der Waals surface area contributed by atoms with Crippen molar-refractivity contribution < 1.29 is 15.0 Å². The molecular formula is C25H34O3. The number of ketones is 1. The number of Topliss-reactive ketones (excluding diaryl/α,β-unsaturated/α-hetero) is 1. The van der Waals surface area contributed by atoms with Crippen LogP contribution in [0, 0.1) is 0 Å². The van der Waals surface area contributed by atoms with Gasteiger partial charge in [0.25, 0.3) is 0 Å². The summed E-state index contributed by atoms with van der Waals surface area (Å²) in [5.74, 6) is 0.626. The van der Waals surface area contributed by atoms with Crippen LogP contribution in [0.25, 0.3) is 0 Å². The average molecular weight is 383 g/mol. The Morgan fingerprint density at radius 2 is 1.04 bits per heavy atom. The lowest BCUT2D eigenvalue weighted by Gasteiger charge is -2.39. The zero-order valence-electron chi connectivity index (χ0n) is 17.7. The highest BCUT2D eigenvalue weighted by Crippen LogP contribution is 2.42. The molecule has 2 aromatic carbocycles. The highest BCUT2D eigenvalue weighted by molar-refractivity contribution is 5.98. The highest BCUT2D eigenvalue weighted by atomic mass is 16.3. The fraction of sp³-hybridized carbons (Fsp3) is 0.480. The summed E-state index contributed by atoms with van der Waals surface area (Å²) in [5.41, 5.74) is 0.629. The second-order valence-electron chi connectivity index (χ2n) is 8.29. The number of carbonyl (C=O) groups excluding carboxylic acids is 1. The van der Waals surface area contributed by atoms with E-state index in [0.29, 0.717) is 0 Å². The summed E-state index contributed by atoms with van der Waals surface area (Å²) >= 11 is 0. The van der Waals surface area contributed by atoms with Crippen molar-refractivity contribution in [2.75, 3.05) is 0 Å². The molecule has 0 amide bonds. The van der Waals surface area contributed by atoms with Crippen LogP contribution in [0.4, 0.5) is 0 Å². The van der Waals surface area contributed by atoms with Crippen molar-refractivity contribution in [3.05, 3.63) is 59.7 Å². The summed E-state index contributed by atoms with van der Waals surface area (Å²) < 4.78 is 0. The van der Waals surface area contributed by atoms with Gasteiger partial charge in [-0.3, -0.25) is 4.79 Å². The minimum absolute atomic E-state index is 0.207. The van der Waals surface area contributed by atoms with Crippen molar-refractivity contribution >= 4 is 5.78 Å². The third-order valence-corrected chi connectivity index (χ3v) is 6.07. The predicted molar refractivity (Wildman–Crippen MR) is 115 cm³/mol. The van der Waals surface area contributed by atoms with Gasteiger partial charge in [-0.25, -0.2) is 0 Å². The Labute approximate surface area is 169 Å². The Morgan fingerprint density at radius 3 is 1.32 bits per heavy atom. The summed E-state index contributed by atoms with van der Waals surface area (Å²) in [4.78, 5) is 14.1. The minimum atomic E-state index is -0.635. The SMILES string of the molecule is CCCCC(C)(C(=O)C(C)(CCCC)c1ccc(O)cc1)c1ccc(O)cc1. The molecule has 0 aliphatic rings. The monoisotopic (exact) mass is 382 g/mol. The lowest BCUT2D eigenvalue weighted by Crippen LogP contribution is -2.46. The lowest BCUT2D eigenvalue weighted by atomic mass is 9.62. The second kappa shape index (κ2) is 9.27. The van der Waals surface area contributed by atoms with Gasteiger partial charge in [0, 0.05) is 0 Å². The van der Waals surface area contributed by atoms with Crippen molar-refractivity contribution in [2.24, 2.45) is 0 Å². The van der Waals surface area contributed by atoms with Gasteiger partial charge in [0.15, 0.2) is 5.78 Å². The number of benzene rings is 2. The first kappa shape index (κ1) is 22.0. The number of aromatic hydroxyl groups is 2. The number of phenolic OH excluding ortho intramolecular Hbond substituents is 2. The highest BCUT2D eigenvalue weighted by Gasteiger charge is 2.46. The Kier molecular flexibility index (Phi) is 7.29. The van der Waals surface area contributed by atoms with E-state index in [1.54, 1.807) is 24.3 Å². The Morgan fingerprint density at radius 1 is 0.714 bits per heavy atom. The first-order valence-corrected chi connectivity index (χ1v) is 10.4. The fourth-order valence-corrected chi connectivity index (χ4v) is 4.11. The van der Waals surface area contributed by atoms with Crippen LogP contribution >= 0.6 is 0 Å². The zero-order valence-corrected chi connectivity index (χ0v) is 17.7. The molecule has 0 saturated carbocycles. The van der Waals surface area contributed by atoms with Crippen LogP contribution in [0.5, 0.6) is 11.5 Å². The van der Waals surface area contributed by atoms with E-state index in [9.17, 15) is 15.0 Å². The maximum absolute atomic E-state index is 14.1. The van der Waals surface area contributed by atoms with Crippen LogP contribution in [0.15, 0.2) is 48.5 Å². The van der Waals surface area contributed by atoms with Gasteiger partial charge in [-0.2, -0.15) is 0 Å². The number of carbonyl (C=O) groups is 1. The maximum atomic E-state index is 14.1. The van der Waals surface area contributed by atoms with Crippen molar-refractivity contribution in [1.29, 1.82) is 0 Å². The second-order valence-corrected chi connectivity index (χ2v) is 8.29. The summed E-state index contributed by atoms with van der Waals surface area (Å²) in [5, 5.41) is 19.4. The molecule has 3 nitrogen and oxygen atoms in total. The molecule has 28 heavy (non-hydrogen) atoms. The molecule has 2 unspecified atom stereocenters. The molecule has 3 heteroatoms. The molecule has 0 saturated heterocycles. The standard InChI is InChI=1S/C25H34O3/c1-5-7-17-24(3,19-9-13-21(26)14-10-19)23(28)25(4,18-8-6-2)20-11-15-22(27)16-12-20/h9-16,26-27H,5-8,17-18H2,1-4H3. The number of hydrogen-bond donors (Lipinski definition) is 2. The minimum Gasteiger partial charge on any atom is -0.508 e. The van der Waals surface area contributed by atoms with Crippen LogP contribution in [-0.4, -0.2) is 16.0 Å². The first-order chi connectivity index (χ1) is 13.3. The summed E-state index contributed by atoms with van der Waals surface area (Å²) in [6.45, 7) is 8.36. The molecule has 0 heterocycles. The third kappa shape index (κ3) is 4.57. The molecule has 0 aromatic heterocycles. The van der Waals surface area contributed by atoms with Gasteiger partial charge in [-0.05, 0) is 62.1 Å². The number of unbranched alkanes of at least 4 members (excludes halogenated alkanes) is 2. The number of rotatable bonds is 10. The smallest absolute Gasteiger partial charge is 0.153 e. The Bertz CT molecular complexity index is 698. The molecule has 0 bridgehead atoms. The lowest BCUT2D eigenvalue weighted by molar-refractivity contribution is -0.130. The average Bonchev–Trinajstić information content (AvgIpc) is 2.70. The molecule has 2 atom stereocenters. The largest absolute Gasteiger partial charge is 0.508 e. The van der Waals surface area contributed by atoms with Crippen molar-refractivity contribution in [1.82, 2.24) is 0 Å². The zero-order chi connectivity index (χ0) is 20.8. The van der Waals surface area contributed by atoms with E-state index >= 15 is 0 Å². The van der Waals surface area contributed by atoms with Crippen LogP contribution in [-0.2, 0) is 15.6 Å². The van der Waals surface area contributed by atoms with E-state index < -0.39 is 10.8 Å². The molecule has 0 fully saturated rings. The molecule has 0 aliphatic carbocycles. The van der Waals surface area contributed by atoms with Gasteiger partial charge in [0.05, 0.1) is 10.8 Å². The molecule has 2 rings (SSSR count). The Balaban J connectivity index is 2.55. The molecular weight excluding hydrogens is 348 g/mol. The summed E-state index contributed by atoms with van der Waals surface area (Å²) in [6, 6.07) is 14.2. The van der Waals surface area contributed by atoms with Gasteiger partial charge in [0.2, 0.25) is 0 Å². The predicted octanol–water partition coefficient (Wildman–Crippen LogP) is 6.26. The maximum Gasteiger partial charge on any atom is 0.153 e. The van der Waals surface area contributed by atoms with Crippen LogP contribution in [0.2, 0.25) is 0 Å². The van der Waals surface area contributed by atoms with Gasteiger partial charge >= 0.3 is 0 Å². The van der Waals surface area contributed by atoms with E-state index in [-0.39, 0.29) is 17.3 Å². The van der Waals surface area contributed by atoms with E-state index in [1.807, 2.05) is 38.1 Å². The molecule has 152 valence electrons. The van der Waals surface area contributed by atoms with Crippen molar-refractivity contribution in [2.45, 2.75) is 77.0 Å². The quantitative estimate of drug-likeness (QED) is 0.509. The third-order valence-electron chi connectivity index (χ3n) is 6.07. The molecule has 0 spiro atoms. The molecule has 2 N–H and O–H groups in total. The van der Waals surface area contributed by atoms with Gasteiger partial charge in [-0.1, -0.05) is 63.8 Å². The summed E-state index contributed by atoms with van der Waals surface area (Å²) in [7, 11) is 0. The number of phenols is 2. The van der Waals surface area contributed by atoms with E-state index in [2.05, 4.69) is 13.8 Å². The fourth-order valence-electron chi connectivity index (χ4n) is 4.11. The normalized spacial score (nSPS) is 15.6. The topological polar surface area (TPSA) is 57.5 Å². The van der Waals surface area contributed by atoms with Crippen LogP contribution in [0.3, 0.4) is 0 Å². The molecule has 0 radical (unpaired) electrons. The Hall–Kier alpha value is -2.29. The number of hydrogen-bond acceptors (Lipinski definition) is 3. The van der Waals surface area contributed by atoms with Crippen molar-refractivity contribution in [3.8, 4) is 11.5 Å². The van der Waals surface area contributed by atoms with E-state index in [0.717, 1.165) is 49.7 Å². The van der Waals surface area contributed by atoms with Crippen molar-refractivity contribution in [3.63, 3.8) is 0 Å². The molecule has 2 aromatic rings. The van der Waals surface area contributed by atoms with Gasteiger partial charge in [0.1, 0.15) is 11.5 Å². The van der Waals surface area contributed by atoms with Gasteiger partial charge < -0.3 is 10.2 Å². The molecule has 0 aliphatic heterocycles.